The van der Waals surface area contributed by atoms with Crippen molar-refractivity contribution in [2.24, 2.45) is 0 Å². The molecule has 21 heavy (non-hydrogen) atoms. The number of aromatic nitrogens is 2. The quantitative estimate of drug-likeness (QED) is 0.868. The number of rotatable bonds is 3. The van der Waals surface area contributed by atoms with E-state index in [1.54, 1.807) is 24.4 Å². The molecule has 1 N–H and O–H groups in total. The number of allylic oxidation sites excluding steroid dienone is 2. The van der Waals surface area contributed by atoms with Crippen LogP contribution < -0.4 is 5.32 Å². The van der Waals surface area contributed by atoms with Gasteiger partial charge in [-0.25, -0.2) is 0 Å². The molecule has 0 aliphatic rings. The Balaban J connectivity index is 2.42. The standard InChI is InChI=1S/C15H12N6/c1-10(2)21-15-4-3-13(5-11(15)9-19-21)20-14(8-18)12(6-16)7-17/h3-5,9-10,20H,1-2H3. The van der Waals surface area contributed by atoms with Crippen LogP contribution in [0.5, 0.6) is 0 Å². The predicted octanol–water partition coefficient (Wildman–Crippen LogP) is 2.85. The first kappa shape index (κ1) is 14.1. The van der Waals surface area contributed by atoms with Gasteiger partial charge in [0.1, 0.15) is 23.9 Å². The van der Waals surface area contributed by atoms with Crippen molar-refractivity contribution in [3.8, 4) is 18.2 Å². The second kappa shape index (κ2) is 5.77. The van der Waals surface area contributed by atoms with Gasteiger partial charge in [-0.2, -0.15) is 20.9 Å². The monoisotopic (exact) mass is 276 g/mol. The minimum absolute atomic E-state index is 0.0596. The molecule has 0 amide bonds. The van der Waals surface area contributed by atoms with E-state index in [-0.39, 0.29) is 17.3 Å². The fourth-order valence-electron chi connectivity index (χ4n) is 1.97. The van der Waals surface area contributed by atoms with Crippen LogP contribution in [0.1, 0.15) is 19.9 Å². The third kappa shape index (κ3) is 2.68. The Labute approximate surface area is 122 Å². The minimum Gasteiger partial charge on any atom is -0.345 e. The van der Waals surface area contributed by atoms with Gasteiger partial charge in [-0.15, -0.1) is 0 Å². The third-order valence-corrected chi connectivity index (χ3v) is 2.94. The van der Waals surface area contributed by atoms with Crippen molar-refractivity contribution in [1.29, 1.82) is 15.8 Å². The Bertz CT molecular complexity index is 820. The molecule has 2 aromatic rings. The number of nitrogens with one attached hydrogen (secondary N) is 1. The fraction of sp³-hybridized carbons (Fsp3) is 0.200. The van der Waals surface area contributed by atoms with Gasteiger partial charge in [-0.3, -0.25) is 4.68 Å². The molecule has 1 heterocycles. The molecule has 0 saturated heterocycles. The summed E-state index contributed by atoms with van der Waals surface area (Å²) in [6.07, 6.45) is 1.74. The lowest BCUT2D eigenvalue weighted by molar-refractivity contribution is 0.551. The number of nitrogens with zero attached hydrogens (tertiary/aromatic N) is 5. The Hall–Kier alpha value is -3.30. The van der Waals surface area contributed by atoms with Crippen LogP contribution in [0.25, 0.3) is 10.9 Å². The minimum atomic E-state index is -0.240. The normalized spacial score (nSPS) is 9.71. The lowest BCUT2D eigenvalue weighted by Crippen LogP contribution is -2.02. The van der Waals surface area contributed by atoms with Crippen molar-refractivity contribution in [2.45, 2.75) is 19.9 Å². The van der Waals surface area contributed by atoms with E-state index in [0.29, 0.717) is 5.69 Å². The third-order valence-electron chi connectivity index (χ3n) is 2.94. The highest BCUT2D eigenvalue weighted by atomic mass is 15.3. The number of hydrogen-bond acceptors (Lipinski definition) is 5. The number of anilines is 1. The maximum atomic E-state index is 9.02. The highest BCUT2D eigenvalue weighted by Gasteiger charge is 2.09. The second-order valence-electron chi connectivity index (χ2n) is 4.67. The summed E-state index contributed by atoms with van der Waals surface area (Å²) in [5, 5.41) is 34.7. The van der Waals surface area contributed by atoms with E-state index in [9.17, 15) is 0 Å². The highest BCUT2D eigenvalue weighted by molar-refractivity contribution is 5.83. The van der Waals surface area contributed by atoms with Crippen molar-refractivity contribution in [2.75, 3.05) is 5.32 Å². The summed E-state index contributed by atoms with van der Waals surface area (Å²) in [4.78, 5) is 0. The summed E-state index contributed by atoms with van der Waals surface area (Å²) in [6, 6.07) is 11.0. The Morgan fingerprint density at radius 3 is 2.48 bits per heavy atom. The molecule has 0 radical (unpaired) electrons. The summed E-state index contributed by atoms with van der Waals surface area (Å²) in [5.41, 5.74) is 1.32. The Morgan fingerprint density at radius 2 is 1.90 bits per heavy atom. The van der Waals surface area contributed by atoms with Crippen LogP contribution in [0.15, 0.2) is 35.7 Å². The van der Waals surface area contributed by atoms with Crippen LogP contribution in [0.4, 0.5) is 5.69 Å². The van der Waals surface area contributed by atoms with Gasteiger partial charge in [-0.1, -0.05) is 0 Å². The first-order valence-corrected chi connectivity index (χ1v) is 6.29. The molecular weight excluding hydrogens is 264 g/mol. The smallest absolute Gasteiger partial charge is 0.163 e. The summed E-state index contributed by atoms with van der Waals surface area (Å²) in [5.74, 6) is 0. The summed E-state index contributed by atoms with van der Waals surface area (Å²) in [7, 11) is 0. The van der Waals surface area contributed by atoms with Crippen LogP contribution >= 0.6 is 0 Å². The van der Waals surface area contributed by atoms with Crippen LogP contribution in [-0.4, -0.2) is 9.78 Å². The zero-order chi connectivity index (χ0) is 15.4. The first-order chi connectivity index (χ1) is 10.1. The van der Waals surface area contributed by atoms with Crippen molar-refractivity contribution < 1.29 is 0 Å². The van der Waals surface area contributed by atoms with E-state index in [1.165, 1.54) is 0 Å². The highest BCUT2D eigenvalue weighted by Crippen LogP contribution is 2.22. The maximum Gasteiger partial charge on any atom is 0.163 e. The average Bonchev–Trinajstić information content (AvgIpc) is 2.90. The molecular formula is C15H12N6. The molecule has 0 spiro atoms. The SMILES string of the molecule is CC(C)n1ncc2cc(NC(C#N)=C(C#N)C#N)ccc21. The summed E-state index contributed by atoms with van der Waals surface area (Å²) < 4.78 is 1.90. The lowest BCUT2D eigenvalue weighted by atomic mass is 10.2. The van der Waals surface area contributed by atoms with E-state index < -0.39 is 0 Å². The molecule has 0 aliphatic carbocycles. The zero-order valence-corrected chi connectivity index (χ0v) is 11.6. The van der Waals surface area contributed by atoms with Gasteiger partial charge in [0.05, 0.1) is 11.7 Å². The number of hydrogen-bond donors (Lipinski definition) is 1. The van der Waals surface area contributed by atoms with Gasteiger partial charge in [0.25, 0.3) is 0 Å². The fourth-order valence-corrected chi connectivity index (χ4v) is 1.97. The van der Waals surface area contributed by atoms with Gasteiger partial charge in [0.15, 0.2) is 5.57 Å². The first-order valence-electron chi connectivity index (χ1n) is 6.29. The molecule has 0 saturated carbocycles. The van der Waals surface area contributed by atoms with Crippen LogP contribution in [0.2, 0.25) is 0 Å². The Morgan fingerprint density at radius 1 is 1.19 bits per heavy atom. The molecule has 0 atom stereocenters. The van der Waals surface area contributed by atoms with Crippen LogP contribution in [0.3, 0.4) is 0 Å². The van der Waals surface area contributed by atoms with E-state index in [0.717, 1.165) is 10.9 Å². The molecule has 0 bridgehead atoms. The molecule has 6 heteroatoms. The molecule has 1 aromatic heterocycles. The second-order valence-corrected chi connectivity index (χ2v) is 4.67. The topological polar surface area (TPSA) is 101 Å². The van der Waals surface area contributed by atoms with Crippen molar-refractivity contribution in [3.63, 3.8) is 0 Å². The zero-order valence-electron chi connectivity index (χ0n) is 11.6. The molecule has 0 fully saturated rings. The average molecular weight is 276 g/mol. The molecule has 102 valence electrons. The summed E-state index contributed by atoms with van der Waals surface area (Å²) >= 11 is 0. The molecule has 1 aromatic carbocycles. The molecule has 0 aliphatic heterocycles. The molecule has 0 unspecified atom stereocenters. The van der Waals surface area contributed by atoms with Gasteiger partial charge >= 0.3 is 0 Å². The molecule has 2 rings (SSSR count). The van der Waals surface area contributed by atoms with Crippen molar-refractivity contribution >= 4 is 16.6 Å². The van der Waals surface area contributed by atoms with Crippen LogP contribution in [-0.2, 0) is 0 Å². The van der Waals surface area contributed by atoms with Crippen molar-refractivity contribution in [3.05, 3.63) is 35.7 Å². The van der Waals surface area contributed by atoms with Gasteiger partial charge in [-0.05, 0) is 32.0 Å². The van der Waals surface area contributed by atoms with E-state index in [1.807, 2.05) is 36.7 Å². The Kier molecular flexibility index (Phi) is 3.88. The lowest BCUT2D eigenvalue weighted by Gasteiger charge is -2.08. The van der Waals surface area contributed by atoms with Gasteiger partial charge < -0.3 is 5.32 Å². The van der Waals surface area contributed by atoms with Crippen molar-refractivity contribution in [1.82, 2.24) is 9.78 Å². The predicted molar refractivity (Wildman–Crippen MR) is 77.6 cm³/mol. The van der Waals surface area contributed by atoms with E-state index in [4.69, 9.17) is 15.8 Å². The number of benzene rings is 1. The number of nitriles is 3. The van der Waals surface area contributed by atoms with E-state index >= 15 is 0 Å². The van der Waals surface area contributed by atoms with Gasteiger partial charge in [0, 0.05) is 17.1 Å². The maximum absolute atomic E-state index is 9.02. The van der Waals surface area contributed by atoms with Crippen LogP contribution in [0, 0.1) is 34.0 Å². The summed E-state index contributed by atoms with van der Waals surface area (Å²) in [6.45, 7) is 4.09. The molecule has 6 nitrogen and oxygen atoms in total. The van der Waals surface area contributed by atoms with E-state index in [2.05, 4.69) is 10.4 Å². The van der Waals surface area contributed by atoms with Gasteiger partial charge in [0.2, 0.25) is 0 Å². The largest absolute Gasteiger partial charge is 0.345 e. The number of fused-ring (bicyclic) bond motifs is 1.